The van der Waals surface area contributed by atoms with Gasteiger partial charge in [-0.15, -0.1) is 0 Å². The van der Waals surface area contributed by atoms with E-state index in [1.54, 1.807) is 0 Å². The van der Waals surface area contributed by atoms with Crippen molar-refractivity contribution >= 4 is 17.2 Å². The summed E-state index contributed by atoms with van der Waals surface area (Å²) in [6, 6.07) is 18.9. The molecule has 2 rings (SSSR count). The Hall–Kier alpha value is -1.67. The zero-order valence-corrected chi connectivity index (χ0v) is 11.5. The van der Waals surface area contributed by atoms with Gasteiger partial charge in [0.1, 0.15) is 0 Å². The topological polar surface area (TPSA) is 12.0 Å². The second-order valence-corrected chi connectivity index (χ2v) is 5.01. The highest BCUT2D eigenvalue weighted by Gasteiger charge is 2.15. The van der Waals surface area contributed by atoms with E-state index in [1.165, 1.54) is 16.7 Å². The Balaban J connectivity index is 2.44. The first-order chi connectivity index (χ1) is 8.68. The molecule has 2 aromatic rings. The van der Waals surface area contributed by atoms with Crippen LogP contribution in [0.15, 0.2) is 54.6 Å². The van der Waals surface area contributed by atoms with Crippen molar-refractivity contribution in [1.29, 1.82) is 0 Å². The average Bonchev–Trinajstić information content (AvgIpc) is 2.38. The average molecular weight is 255 g/mol. The van der Waals surface area contributed by atoms with Crippen LogP contribution in [0.4, 0.5) is 0 Å². The van der Waals surface area contributed by atoms with E-state index in [0.717, 1.165) is 4.99 Å². The third-order valence-corrected chi connectivity index (χ3v) is 3.10. The summed E-state index contributed by atoms with van der Waals surface area (Å²) in [5.74, 6) is 0. The fourth-order valence-corrected chi connectivity index (χ4v) is 2.22. The maximum absolute atomic E-state index is 5.20. The Labute approximate surface area is 114 Å². The summed E-state index contributed by atoms with van der Waals surface area (Å²) in [5, 5.41) is 3.38. The maximum Gasteiger partial charge on any atom is 0.0774 e. The highest BCUT2D eigenvalue weighted by atomic mass is 32.1. The number of benzene rings is 2. The minimum absolute atomic E-state index is 0.130. The number of hydrogen-bond donors (Lipinski definition) is 1. The highest BCUT2D eigenvalue weighted by Crippen LogP contribution is 2.24. The van der Waals surface area contributed by atoms with Crippen LogP contribution in [-0.2, 0) is 0 Å². The molecule has 0 spiro atoms. The third kappa shape index (κ3) is 2.96. The van der Waals surface area contributed by atoms with Crippen LogP contribution >= 0.6 is 12.2 Å². The zero-order chi connectivity index (χ0) is 13.0. The van der Waals surface area contributed by atoms with Gasteiger partial charge in [0.05, 0.1) is 11.0 Å². The lowest BCUT2D eigenvalue weighted by atomic mass is 9.95. The molecule has 92 valence electrons. The van der Waals surface area contributed by atoms with Crippen LogP contribution < -0.4 is 5.32 Å². The van der Waals surface area contributed by atoms with E-state index in [-0.39, 0.29) is 6.04 Å². The second-order valence-electron chi connectivity index (χ2n) is 4.40. The van der Waals surface area contributed by atoms with Crippen LogP contribution in [-0.4, -0.2) is 4.99 Å². The summed E-state index contributed by atoms with van der Waals surface area (Å²) in [4.78, 5) is 0.812. The Kier molecular flexibility index (Phi) is 4.11. The SMILES string of the molecule is CC(=S)NC(c1ccccc1)c1ccccc1C. The van der Waals surface area contributed by atoms with Crippen LogP contribution in [0.1, 0.15) is 29.7 Å². The van der Waals surface area contributed by atoms with Gasteiger partial charge in [0.15, 0.2) is 0 Å². The summed E-state index contributed by atoms with van der Waals surface area (Å²) in [6.07, 6.45) is 0. The van der Waals surface area contributed by atoms with Gasteiger partial charge in [0.2, 0.25) is 0 Å². The van der Waals surface area contributed by atoms with Gasteiger partial charge in [0.25, 0.3) is 0 Å². The van der Waals surface area contributed by atoms with Gasteiger partial charge in [-0.2, -0.15) is 0 Å². The molecule has 0 aliphatic rings. The first-order valence-corrected chi connectivity index (χ1v) is 6.47. The molecular formula is C16H17NS. The molecule has 0 saturated heterocycles. The lowest BCUT2D eigenvalue weighted by Crippen LogP contribution is -2.26. The smallest absolute Gasteiger partial charge is 0.0774 e. The molecule has 18 heavy (non-hydrogen) atoms. The van der Waals surface area contributed by atoms with Crippen molar-refractivity contribution in [2.45, 2.75) is 19.9 Å². The molecule has 1 unspecified atom stereocenters. The molecule has 2 aromatic carbocycles. The maximum atomic E-state index is 5.20. The number of thiocarbonyl (C=S) groups is 1. The fourth-order valence-electron chi connectivity index (χ4n) is 2.10. The van der Waals surface area contributed by atoms with E-state index in [0.29, 0.717) is 0 Å². The van der Waals surface area contributed by atoms with Crippen LogP contribution in [0, 0.1) is 6.92 Å². The zero-order valence-electron chi connectivity index (χ0n) is 10.7. The van der Waals surface area contributed by atoms with E-state index in [4.69, 9.17) is 12.2 Å². The summed E-state index contributed by atoms with van der Waals surface area (Å²) < 4.78 is 0. The van der Waals surface area contributed by atoms with Gasteiger partial charge < -0.3 is 5.32 Å². The Morgan fingerprint density at radius 3 is 2.22 bits per heavy atom. The van der Waals surface area contributed by atoms with Crippen molar-refractivity contribution in [1.82, 2.24) is 5.32 Å². The highest BCUT2D eigenvalue weighted by molar-refractivity contribution is 7.80. The van der Waals surface area contributed by atoms with Crippen molar-refractivity contribution in [3.05, 3.63) is 71.3 Å². The molecule has 0 aliphatic heterocycles. The van der Waals surface area contributed by atoms with Crippen molar-refractivity contribution in [2.24, 2.45) is 0 Å². The predicted molar refractivity (Wildman–Crippen MR) is 80.9 cm³/mol. The molecule has 0 heterocycles. The van der Waals surface area contributed by atoms with Gasteiger partial charge in [-0.3, -0.25) is 0 Å². The van der Waals surface area contributed by atoms with E-state index in [9.17, 15) is 0 Å². The Bertz CT molecular complexity index is 534. The van der Waals surface area contributed by atoms with E-state index >= 15 is 0 Å². The summed E-state index contributed by atoms with van der Waals surface area (Å²) in [5.41, 5.74) is 3.78. The standard InChI is InChI=1S/C16H17NS/c1-12-8-6-7-11-15(12)16(17-13(2)18)14-9-4-3-5-10-14/h3-11,16H,1-2H3,(H,17,18). The van der Waals surface area contributed by atoms with Crippen LogP contribution in [0.25, 0.3) is 0 Å². The largest absolute Gasteiger partial charge is 0.369 e. The summed E-state index contributed by atoms with van der Waals surface area (Å²) in [7, 11) is 0. The monoisotopic (exact) mass is 255 g/mol. The van der Waals surface area contributed by atoms with Gasteiger partial charge in [0, 0.05) is 0 Å². The molecule has 1 atom stereocenters. The number of nitrogens with one attached hydrogen (secondary N) is 1. The normalized spacial score (nSPS) is 11.9. The van der Waals surface area contributed by atoms with Gasteiger partial charge in [-0.25, -0.2) is 0 Å². The number of hydrogen-bond acceptors (Lipinski definition) is 1. The number of aryl methyl sites for hydroxylation is 1. The van der Waals surface area contributed by atoms with Gasteiger partial charge in [-0.05, 0) is 30.5 Å². The van der Waals surface area contributed by atoms with Crippen LogP contribution in [0.3, 0.4) is 0 Å². The van der Waals surface area contributed by atoms with Crippen molar-refractivity contribution in [2.75, 3.05) is 0 Å². The molecule has 0 bridgehead atoms. The van der Waals surface area contributed by atoms with Crippen LogP contribution in [0.2, 0.25) is 0 Å². The summed E-state index contributed by atoms with van der Waals surface area (Å²) >= 11 is 5.20. The molecule has 0 saturated carbocycles. The molecule has 0 aliphatic carbocycles. The van der Waals surface area contributed by atoms with Gasteiger partial charge in [-0.1, -0.05) is 66.8 Å². The third-order valence-electron chi connectivity index (χ3n) is 2.98. The first-order valence-electron chi connectivity index (χ1n) is 6.06. The van der Waals surface area contributed by atoms with Crippen molar-refractivity contribution < 1.29 is 0 Å². The summed E-state index contributed by atoms with van der Waals surface area (Å²) in [6.45, 7) is 4.05. The Morgan fingerprint density at radius 2 is 1.61 bits per heavy atom. The van der Waals surface area contributed by atoms with E-state index in [2.05, 4.69) is 60.8 Å². The number of rotatable bonds is 3. The lowest BCUT2D eigenvalue weighted by Gasteiger charge is -2.22. The Morgan fingerprint density at radius 1 is 1.00 bits per heavy atom. The molecule has 1 N–H and O–H groups in total. The van der Waals surface area contributed by atoms with Gasteiger partial charge >= 0.3 is 0 Å². The van der Waals surface area contributed by atoms with Crippen molar-refractivity contribution in [3.8, 4) is 0 Å². The van der Waals surface area contributed by atoms with E-state index in [1.807, 2.05) is 13.0 Å². The second kappa shape index (κ2) is 5.78. The first kappa shape index (κ1) is 12.8. The molecule has 0 radical (unpaired) electrons. The quantitative estimate of drug-likeness (QED) is 0.831. The van der Waals surface area contributed by atoms with Crippen molar-refractivity contribution in [3.63, 3.8) is 0 Å². The molecule has 1 nitrogen and oxygen atoms in total. The minimum atomic E-state index is 0.130. The molecule has 0 aromatic heterocycles. The molecule has 2 heteroatoms. The molecular weight excluding hydrogens is 238 g/mol. The fraction of sp³-hybridized carbons (Fsp3) is 0.188. The molecule has 0 fully saturated rings. The minimum Gasteiger partial charge on any atom is -0.369 e. The molecule has 0 amide bonds. The van der Waals surface area contributed by atoms with Crippen LogP contribution in [0.5, 0.6) is 0 Å². The van der Waals surface area contributed by atoms with E-state index < -0.39 is 0 Å². The predicted octanol–water partition coefficient (Wildman–Crippen LogP) is 4.02. The lowest BCUT2D eigenvalue weighted by molar-refractivity contribution is 0.761.